The van der Waals surface area contributed by atoms with Crippen LogP contribution in [0.3, 0.4) is 0 Å². The molecule has 1 atom stereocenters. The Labute approximate surface area is 98.0 Å². The van der Waals surface area contributed by atoms with Crippen molar-refractivity contribution in [2.24, 2.45) is 5.92 Å². The van der Waals surface area contributed by atoms with E-state index in [2.05, 4.69) is 20.8 Å². The zero-order chi connectivity index (χ0) is 11.3. The van der Waals surface area contributed by atoms with Crippen molar-refractivity contribution in [2.45, 2.75) is 73.6 Å². The van der Waals surface area contributed by atoms with Gasteiger partial charge in [-0.25, -0.2) is 0 Å². The molecule has 0 aromatic rings. The standard InChI is InChI=1S/C13H28GeO/c1-4-14(5-2,6-3)13(15)12-10-8-7-9-11-12/h12-13,15H,4-11H2,1-3H3. The molecule has 0 saturated heterocycles. The maximum absolute atomic E-state index is 10.7. The molecule has 2 heteroatoms. The predicted octanol–water partition coefficient (Wildman–Crippen LogP) is 3.98. The van der Waals surface area contributed by atoms with Gasteiger partial charge in [0, 0.05) is 0 Å². The van der Waals surface area contributed by atoms with Gasteiger partial charge in [0.25, 0.3) is 0 Å². The first-order valence-corrected chi connectivity index (χ1v) is 12.5. The molecule has 1 rings (SSSR count). The molecular formula is C13H28GeO. The van der Waals surface area contributed by atoms with Crippen LogP contribution in [0.25, 0.3) is 0 Å². The molecule has 0 spiro atoms. The van der Waals surface area contributed by atoms with Gasteiger partial charge in [-0.05, 0) is 0 Å². The van der Waals surface area contributed by atoms with Crippen molar-refractivity contribution in [1.29, 1.82) is 0 Å². The van der Waals surface area contributed by atoms with E-state index < -0.39 is 13.3 Å². The summed E-state index contributed by atoms with van der Waals surface area (Å²) in [5, 5.41) is 14.6. The summed E-state index contributed by atoms with van der Waals surface area (Å²) in [5.41, 5.74) is 0. The third-order valence-corrected chi connectivity index (χ3v) is 17.3. The minimum atomic E-state index is -1.89. The van der Waals surface area contributed by atoms with Gasteiger partial charge in [0.15, 0.2) is 0 Å². The Morgan fingerprint density at radius 2 is 1.47 bits per heavy atom. The third-order valence-electron chi connectivity index (χ3n) is 4.84. The Hall–Kier alpha value is 0.503. The molecule has 0 heterocycles. The number of rotatable bonds is 5. The summed E-state index contributed by atoms with van der Waals surface area (Å²) in [4.78, 5) is 0.130. The summed E-state index contributed by atoms with van der Waals surface area (Å²) in [7, 11) is 0. The fourth-order valence-electron chi connectivity index (χ4n) is 3.33. The van der Waals surface area contributed by atoms with E-state index in [9.17, 15) is 5.11 Å². The Morgan fingerprint density at radius 3 is 1.87 bits per heavy atom. The quantitative estimate of drug-likeness (QED) is 0.751. The molecule has 0 aromatic heterocycles. The summed E-state index contributed by atoms with van der Waals surface area (Å²) < 4.78 is 0. The fourth-order valence-corrected chi connectivity index (χ4v) is 11.9. The third kappa shape index (κ3) is 3.00. The molecule has 1 saturated carbocycles. The Kier molecular flexibility index (Phi) is 5.69. The monoisotopic (exact) mass is 274 g/mol. The van der Waals surface area contributed by atoms with Gasteiger partial charge in [-0.15, -0.1) is 0 Å². The first-order chi connectivity index (χ1) is 7.20. The Morgan fingerprint density at radius 1 is 1.00 bits per heavy atom. The molecule has 1 fully saturated rings. The van der Waals surface area contributed by atoms with Crippen LogP contribution in [0.2, 0.25) is 15.8 Å². The van der Waals surface area contributed by atoms with Crippen molar-refractivity contribution in [3.8, 4) is 0 Å². The molecule has 15 heavy (non-hydrogen) atoms. The van der Waals surface area contributed by atoms with E-state index in [0.717, 1.165) is 0 Å². The first-order valence-electron chi connectivity index (χ1n) is 6.88. The van der Waals surface area contributed by atoms with Crippen LogP contribution in [0.5, 0.6) is 0 Å². The van der Waals surface area contributed by atoms with Crippen molar-refractivity contribution >= 4 is 13.3 Å². The molecule has 1 aliphatic rings. The summed E-state index contributed by atoms with van der Waals surface area (Å²) in [6.45, 7) is 6.96. The van der Waals surface area contributed by atoms with Gasteiger partial charge in [-0.2, -0.15) is 0 Å². The molecule has 1 nitrogen and oxygen atoms in total. The number of aliphatic hydroxyl groups excluding tert-OH is 1. The summed E-state index contributed by atoms with van der Waals surface area (Å²) in [5.74, 6) is 0.665. The minimum absolute atomic E-state index is 0.130. The number of aliphatic hydroxyl groups is 1. The van der Waals surface area contributed by atoms with Crippen LogP contribution in [0.1, 0.15) is 52.9 Å². The zero-order valence-corrected chi connectivity index (χ0v) is 12.9. The maximum atomic E-state index is 10.7. The molecule has 1 aliphatic carbocycles. The topological polar surface area (TPSA) is 20.2 Å². The van der Waals surface area contributed by atoms with E-state index in [4.69, 9.17) is 0 Å². The van der Waals surface area contributed by atoms with Gasteiger partial charge in [0.05, 0.1) is 0 Å². The van der Waals surface area contributed by atoms with Crippen LogP contribution in [-0.2, 0) is 0 Å². The molecule has 90 valence electrons. The second-order valence-electron chi connectivity index (χ2n) is 5.27. The van der Waals surface area contributed by atoms with Gasteiger partial charge in [-0.1, -0.05) is 0 Å². The Bertz CT molecular complexity index is 163. The first kappa shape index (κ1) is 13.6. The fraction of sp³-hybridized carbons (Fsp3) is 1.00. The van der Waals surface area contributed by atoms with Gasteiger partial charge < -0.3 is 0 Å². The second kappa shape index (κ2) is 6.29. The van der Waals surface area contributed by atoms with E-state index in [1.165, 1.54) is 47.9 Å². The Balaban J connectivity index is 2.65. The molecule has 0 amide bonds. The average Bonchev–Trinajstić information content (AvgIpc) is 2.33. The van der Waals surface area contributed by atoms with Crippen LogP contribution in [0, 0.1) is 5.92 Å². The van der Waals surface area contributed by atoms with Crippen molar-refractivity contribution in [3.63, 3.8) is 0 Å². The molecule has 1 N–H and O–H groups in total. The molecule has 1 unspecified atom stereocenters. The second-order valence-corrected chi connectivity index (χ2v) is 16.7. The summed E-state index contributed by atoms with van der Waals surface area (Å²) >= 11 is -1.89. The van der Waals surface area contributed by atoms with Gasteiger partial charge in [-0.3, -0.25) is 0 Å². The van der Waals surface area contributed by atoms with E-state index in [1.807, 2.05) is 0 Å². The van der Waals surface area contributed by atoms with E-state index in [-0.39, 0.29) is 4.94 Å². The van der Waals surface area contributed by atoms with Crippen LogP contribution in [0.4, 0.5) is 0 Å². The zero-order valence-electron chi connectivity index (χ0n) is 10.8. The van der Waals surface area contributed by atoms with Crippen LogP contribution in [0.15, 0.2) is 0 Å². The molecule has 0 bridgehead atoms. The molecule has 0 radical (unpaired) electrons. The van der Waals surface area contributed by atoms with E-state index in [1.54, 1.807) is 0 Å². The van der Waals surface area contributed by atoms with Crippen LogP contribution < -0.4 is 0 Å². The van der Waals surface area contributed by atoms with Crippen molar-refractivity contribution in [2.75, 3.05) is 0 Å². The SMILES string of the molecule is C[CH2][Ge]([CH2]C)([CH2]C)[CH](O)C1CCCCC1. The van der Waals surface area contributed by atoms with Gasteiger partial charge in [0.1, 0.15) is 0 Å². The van der Waals surface area contributed by atoms with Crippen molar-refractivity contribution < 1.29 is 5.11 Å². The van der Waals surface area contributed by atoms with Crippen LogP contribution in [-0.4, -0.2) is 23.3 Å². The molecular weight excluding hydrogens is 245 g/mol. The summed E-state index contributed by atoms with van der Waals surface area (Å²) in [6.07, 6.45) is 6.71. The summed E-state index contributed by atoms with van der Waals surface area (Å²) in [6, 6.07) is 0. The number of hydrogen-bond donors (Lipinski definition) is 1. The molecule has 0 aliphatic heterocycles. The predicted molar refractivity (Wildman–Crippen MR) is 69.8 cm³/mol. The van der Waals surface area contributed by atoms with Crippen LogP contribution >= 0.6 is 0 Å². The normalized spacial score (nSPS) is 21.6. The van der Waals surface area contributed by atoms with E-state index >= 15 is 0 Å². The van der Waals surface area contributed by atoms with Gasteiger partial charge >= 0.3 is 97.9 Å². The van der Waals surface area contributed by atoms with Crippen molar-refractivity contribution in [3.05, 3.63) is 0 Å². The van der Waals surface area contributed by atoms with Crippen molar-refractivity contribution in [1.82, 2.24) is 0 Å². The molecule has 0 aromatic carbocycles. The van der Waals surface area contributed by atoms with E-state index in [0.29, 0.717) is 5.92 Å². The van der Waals surface area contributed by atoms with Gasteiger partial charge in [0.2, 0.25) is 0 Å². The average molecular weight is 273 g/mol. The number of hydrogen-bond acceptors (Lipinski definition) is 1.